The zero-order valence-corrected chi connectivity index (χ0v) is 13.9. The summed E-state index contributed by atoms with van der Waals surface area (Å²) < 4.78 is 34.5. The molecule has 2 fully saturated rings. The molecule has 2 aliphatic heterocycles. The Morgan fingerprint density at radius 1 is 0.957 bits per heavy atom. The summed E-state index contributed by atoms with van der Waals surface area (Å²) >= 11 is 0. The number of fused-ring (bicyclic) bond motifs is 1. The predicted octanol–water partition coefficient (Wildman–Crippen LogP) is 1.81. The van der Waals surface area contributed by atoms with Crippen molar-refractivity contribution in [1.82, 2.24) is 0 Å². The summed E-state index contributed by atoms with van der Waals surface area (Å²) in [5.41, 5.74) is 2.14. The molecule has 2 saturated heterocycles. The SMILES string of the molecule is CO[C@H]1O[C@@H]2CO[C@@H](c3ccccc3C)O[C@H]2[C@H](OC)[C@H]1OC. The van der Waals surface area contributed by atoms with E-state index in [0.717, 1.165) is 11.1 Å². The van der Waals surface area contributed by atoms with E-state index in [2.05, 4.69) is 0 Å². The summed E-state index contributed by atoms with van der Waals surface area (Å²) in [6.45, 7) is 2.46. The summed E-state index contributed by atoms with van der Waals surface area (Å²) in [5.74, 6) is 0. The molecule has 128 valence electrons. The van der Waals surface area contributed by atoms with Gasteiger partial charge in [-0.2, -0.15) is 0 Å². The molecule has 1 aromatic carbocycles. The molecule has 2 heterocycles. The predicted molar refractivity (Wildman–Crippen MR) is 82.0 cm³/mol. The first-order chi connectivity index (χ1) is 11.2. The van der Waals surface area contributed by atoms with E-state index in [-0.39, 0.29) is 24.4 Å². The fraction of sp³-hybridized carbons (Fsp3) is 0.647. The number of hydrogen-bond acceptors (Lipinski definition) is 6. The number of benzene rings is 1. The van der Waals surface area contributed by atoms with Gasteiger partial charge in [0.25, 0.3) is 0 Å². The van der Waals surface area contributed by atoms with Gasteiger partial charge in [0, 0.05) is 26.9 Å². The quantitative estimate of drug-likeness (QED) is 0.842. The first-order valence-corrected chi connectivity index (χ1v) is 7.76. The number of ether oxygens (including phenoxy) is 6. The smallest absolute Gasteiger partial charge is 0.186 e. The van der Waals surface area contributed by atoms with Crippen LogP contribution in [0.2, 0.25) is 0 Å². The van der Waals surface area contributed by atoms with Gasteiger partial charge in [0.15, 0.2) is 12.6 Å². The molecule has 2 aliphatic rings. The zero-order chi connectivity index (χ0) is 16.4. The van der Waals surface area contributed by atoms with Crippen LogP contribution in [0.25, 0.3) is 0 Å². The van der Waals surface area contributed by atoms with Crippen LogP contribution in [0.4, 0.5) is 0 Å². The molecular formula is C17H24O6. The highest BCUT2D eigenvalue weighted by Crippen LogP contribution is 2.36. The van der Waals surface area contributed by atoms with E-state index in [4.69, 9.17) is 28.4 Å². The van der Waals surface area contributed by atoms with Crippen molar-refractivity contribution in [3.05, 3.63) is 35.4 Å². The molecule has 6 atom stereocenters. The molecule has 6 heteroatoms. The van der Waals surface area contributed by atoms with E-state index in [9.17, 15) is 0 Å². The van der Waals surface area contributed by atoms with Crippen molar-refractivity contribution in [3.63, 3.8) is 0 Å². The summed E-state index contributed by atoms with van der Waals surface area (Å²) in [5, 5.41) is 0. The van der Waals surface area contributed by atoms with Crippen molar-refractivity contribution in [2.45, 2.75) is 43.9 Å². The Balaban J connectivity index is 1.82. The molecule has 0 saturated carbocycles. The average Bonchev–Trinajstić information content (AvgIpc) is 2.59. The van der Waals surface area contributed by atoms with Gasteiger partial charge in [-0.05, 0) is 12.5 Å². The molecule has 0 N–H and O–H groups in total. The Hall–Kier alpha value is -1.02. The van der Waals surface area contributed by atoms with Crippen LogP contribution in [0.3, 0.4) is 0 Å². The van der Waals surface area contributed by atoms with Gasteiger partial charge in [0.1, 0.15) is 24.4 Å². The maximum absolute atomic E-state index is 6.18. The summed E-state index contributed by atoms with van der Waals surface area (Å²) in [6, 6.07) is 8.03. The molecule has 0 aliphatic carbocycles. The van der Waals surface area contributed by atoms with Crippen molar-refractivity contribution in [2.24, 2.45) is 0 Å². The molecule has 0 radical (unpaired) electrons. The van der Waals surface area contributed by atoms with Crippen molar-refractivity contribution in [3.8, 4) is 0 Å². The Kier molecular flexibility index (Phi) is 5.31. The largest absolute Gasteiger partial charge is 0.376 e. The number of methoxy groups -OCH3 is 3. The van der Waals surface area contributed by atoms with Crippen LogP contribution >= 0.6 is 0 Å². The second-order valence-corrected chi connectivity index (χ2v) is 5.80. The Labute approximate surface area is 136 Å². The summed E-state index contributed by atoms with van der Waals surface area (Å²) in [4.78, 5) is 0. The van der Waals surface area contributed by atoms with E-state index >= 15 is 0 Å². The number of rotatable bonds is 4. The standard InChI is InChI=1S/C17H24O6/c1-10-7-5-6-8-11(10)16-21-9-12-13(23-16)14(18-2)15(19-3)17(20-4)22-12/h5-8,12-17H,9H2,1-4H3/t12-,13-,14+,15-,16-,17+/m1/s1. The van der Waals surface area contributed by atoms with E-state index < -0.39 is 12.6 Å². The topological polar surface area (TPSA) is 55.4 Å². The molecule has 3 rings (SSSR count). The molecule has 0 amide bonds. The molecular weight excluding hydrogens is 300 g/mol. The minimum Gasteiger partial charge on any atom is -0.376 e. The van der Waals surface area contributed by atoms with Gasteiger partial charge >= 0.3 is 0 Å². The van der Waals surface area contributed by atoms with Crippen molar-refractivity contribution >= 4 is 0 Å². The molecule has 6 nitrogen and oxygen atoms in total. The fourth-order valence-electron chi connectivity index (χ4n) is 3.26. The van der Waals surface area contributed by atoms with Crippen LogP contribution in [0.5, 0.6) is 0 Å². The highest BCUT2D eigenvalue weighted by molar-refractivity contribution is 5.27. The first-order valence-electron chi connectivity index (χ1n) is 7.76. The van der Waals surface area contributed by atoms with Gasteiger partial charge in [0.2, 0.25) is 0 Å². The minimum absolute atomic E-state index is 0.253. The highest BCUT2D eigenvalue weighted by atomic mass is 16.8. The Morgan fingerprint density at radius 3 is 2.35 bits per heavy atom. The van der Waals surface area contributed by atoms with Crippen LogP contribution in [0, 0.1) is 6.92 Å². The fourth-order valence-corrected chi connectivity index (χ4v) is 3.26. The highest BCUT2D eigenvalue weighted by Gasteiger charge is 2.50. The summed E-state index contributed by atoms with van der Waals surface area (Å²) in [7, 11) is 4.85. The lowest BCUT2D eigenvalue weighted by molar-refractivity contribution is -0.363. The number of aryl methyl sites for hydroxylation is 1. The third kappa shape index (κ3) is 3.15. The van der Waals surface area contributed by atoms with Crippen LogP contribution in [-0.4, -0.2) is 58.6 Å². The second-order valence-electron chi connectivity index (χ2n) is 5.80. The van der Waals surface area contributed by atoms with Crippen molar-refractivity contribution in [1.29, 1.82) is 0 Å². The van der Waals surface area contributed by atoms with Gasteiger partial charge in [0.05, 0.1) is 6.61 Å². The zero-order valence-electron chi connectivity index (χ0n) is 13.9. The van der Waals surface area contributed by atoms with Crippen molar-refractivity contribution < 1.29 is 28.4 Å². The lowest BCUT2D eigenvalue weighted by Gasteiger charge is -2.48. The van der Waals surface area contributed by atoms with Crippen LogP contribution < -0.4 is 0 Å². The average molecular weight is 324 g/mol. The normalized spacial score (nSPS) is 37.4. The molecule has 1 aromatic rings. The van der Waals surface area contributed by atoms with E-state index in [1.54, 1.807) is 21.3 Å². The van der Waals surface area contributed by atoms with Crippen LogP contribution in [0.1, 0.15) is 17.4 Å². The van der Waals surface area contributed by atoms with Gasteiger partial charge in [-0.15, -0.1) is 0 Å². The van der Waals surface area contributed by atoms with Gasteiger partial charge in [-0.1, -0.05) is 24.3 Å². The van der Waals surface area contributed by atoms with Gasteiger partial charge in [-0.3, -0.25) is 0 Å². The van der Waals surface area contributed by atoms with Crippen LogP contribution in [0.15, 0.2) is 24.3 Å². The molecule has 23 heavy (non-hydrogen) atoms. The van der Waals surface area contributed by atoms with E-state index in [1.165, 1.54) is 0 Å². The van der Waals surface area contributed by atoms with Crippen LogP contribution in [-0.2, 0) is 28.4 Å². The molecule has 0 unspecified atom stereocenters. The lowest BCUT2D eigenvalue weighted by atomic mass is 9.97. The monoisotopic (exact) mass is 324 g/mol. The number of hydrogen-bond donors (Lipinski definition) is 0. The van der Waals surface area contributed by atoms with E-state index in [0.29, 0.717) is 6.61 Å². The Bertz CT molecular complexity index is 522. The van der Waals surface area contributed by atoms with Crippen molar-refractivity contribution in [2.75, 3.05) is 27.9 Å². The van der Waals surface area contributed by atoms with Gasteiger partial charge < -0.3 is 28.4 Å². The maximum Gasteiger partial charge on any atom is 0.186 e. The molecule has 0 bridgehead atoms. The lowest BCUT2D eigenvalue weighted by Crippen LogP contribution is -2.63. The maximum atomic E-state index is 6.18. The van der Waals surface area contributed by atoms with E-state index in [1.807, 2.05) is 31.2 Å². The first kappa shape index (κ1) is 16.8. The molecule has 0 aromatic heterocycles. The molecule has 0 spiro atoms. The minimum atomic E-state index is -0.506. The Morgan fingerprint density at radius 2 is 1.70 bits per heavy atom. The second kappa shape index (κ2) is 7.25. The third-order valence-electron chi connectivity index (χ3n) is 4.50. The van der Waals surface area contributed by atoms with Gasteiger partial charge in [-0.25, -0.2) is 0 Å². The third-order valence-corrected chi connectivity index (χ3v) is 4.50. The summed E-state index contributed by atoms with van der Waals surface area (Å²) in [6.07, 6.45) is -2.13.